The number of nitrogens with zero attached hydrogens (tertiary/aromatic N) is 1. The van der Waals surface area contributed by atoms with E-state index in [-0.39, 0.29) is 0 Å². The molecule has 2 N–H and O–H groups in total. The van der Waals surface area contributed by atoms with Crippen molar-refractivity contribution < 1.29 is 4.74 Å². The Balaban J connectivity index is 2.36. The first kappa shape index (κ1) is 9.96. The van der Waals surface area contributed by atoms with Crippen molar-refractivity contribution in [2.75, 3.05) is 26.8 Å². The molecule has 0 saturated heterocycles. The van der Waals surface area contributed by atoms with Crippen LogP contribution in [0.5, 0.6) is 0 Å². The molecular weight excluding hydrogens is 152 g/mol. The van der Waals surface area contributed by atoms with E-state index in [4.69, 9.17) is 10.5 Å². The van der Waals surface area contributed by atoms with Crippen LogP contribution >= 0.6 is 0 Å². The highest BCUT2D eigenvalue weighted by molar-refractivity contribution is 4.88. The third kappa shape index (κ3) is 2.44. The van der Waals surface area contributed by atoms with Crippen molar-refractivity contribution in [3.63, 3.8) is 0 Å². The van der Waals surface area contributed by atoms with Gasteiger partial charge in [0.25, 0.3) is 0 Å². The molecule has 1 atom stereocenters. The molecule has 12 heavy (non-hydrogen) atoms. The van der Waals surface area contributed by atoms with Crippen LogP contribution in [-0.4, -0.2) is 43.8 Å². The number of ether oxygens (including phenoxy) is 1. The number of rotatable bonds is 6. The van der Waals surface area contributed by atoms with Crippen LogP contribution in [0.3, 0.4) is 0 Å². The molecule has 1 rings (SSSR count). The van der Waals surface area contributed by atoms with Crippen LogP contribution in [-0.2, 0) is 4.74 Å². The lowest BCUT2D eigenvalue weighted by Crippen LogP contribution is -2.44. The summed E-state index contributed by atoms with van der Waals surface area (Å²) in [7, 11) is 1.74. The van der Waals surface area contributed by atoms with Gasteiger partial charge in [-0.15, -0.1) is 0 Å². The van der Waals surface area contributed by atoms with Gasteiger partial charge in [-0.25, -0.2) is 0 Å². The van der Waals surface area contributed by atoms with Gasteiger partial charge < -0.3 is 10.5 Å². The summed E-state index contributed by atoms with van der Waals surface area (Å²) in [5.74, 6) is 0. The van der Waals surface area contributed by atoms with Crippen molar-refractivity contribution >= 4 is 0 Å². The van der Waals surface area contributed by atoms with Crippen molar-refractivity contribution in [2.24, 2.45) is 5.73 Å². The number of hydrogen-bond acceptors (Lipinski definition) is 3. The van der Waals surface area contributed by atoms with Crippen LogP contribution in [0, 0.1) is 0 Å². The molecule has 0 radical (unpaired) electrons. The molecule has 0 aromatic rings. The SMILES string of the molecule is CCN(C1CC1)C(CN)COC. The van der Waals surface area contributed by atoms with E-state index in [2.05, 4.69) is 11.8 Å². The molecular formula is C9H20N2O. The van der Waals surface area contributed by atoms with Crippen LogP contribution < -0.4 is 5.73 Å². The third-order valence-corrected chi connectivity index (χ3v) is 2.48. The Kier molecular flexibility index (Phi) is 3.98. The molecule has 1 unspecified atom stereocenters. The Bertz CT molecular complexity index is 126. The van der Waals surface area contributed by atoms with Gasteiger partial charge in [-0.05, 0) is 19.4 Å². The fourth-order valence-corrected chi connectivity index (χ4v) is 1.71. The van der Waals surface area contributed by atoms with E-state index in [0.29, 0.717) is 12.6 Å². The first-order chi connectivity index (χ1) is 5.83. The molecule has 0 aromatic carbocycles. The summed E-state index contributed by atoms with van der Waals surface area (Å²) in [5, 5.41) is 0. The molecule has 1 fully saturated rings. The lowest BCUT2D eigenvalue weighted by atomic mass is 10.2. The predicted octanol–water partition coefficient (Wildman–Crippen LogP) is 0.444. The van der Waals surface area contributed by atoms with Crippen LogP contribution in [0.4, 0.5) is 0 Å². The first-order valence-corrected chi connectivity index (χ1v) is 4.78. The highest BCUT2D eigenvalue weighted by atomic mass is 16.5. The first-order valence-electron chi connectivity index (χ1n) is 4.78. The van der Waals surface area contributed by atoms with Crippen LogP contribution in [0.1, 0.15) is 19.8 Å². The summed E-state index contributed by atoms with van der Waals surface area (Å²) < 4.78 is 5.13. The molecule has 0 aromatic heterocycles. The number of nitrogens with two attached hydrogens (primary N) is 1. The second-order valence-electron chi connectivity index (χ2n) is 3.41. The third-order valence-electron chi connectivity index (χ3n) is 2.48. The quantitative estimate of drug-likeness (QED) is 0.632. The van der Waals surface area contributed by atoms with Gasteiger partial charge in [0.1, 0.15) is 0 Å². The van der Waals surface area contributed by atoms with E-state index in [1.54, 1.807) is 7.11 Å². The minimum Gasteiger partial charge on any atom is -0.383 e. The average Bonchev–Trinajstić information content (AvgIpc) is 2.88. The van der Waals surface area contributed by atoms with Crippen molar-refractivity contribution in [1.29, 1.82) is 0 Å². The van der Waals surface area contributed by atoms with Crippen LogP contribution in [0.15, 0.2) is 0 Å². The Hall–Kier alpha value is -0.120. The number of methoxy groups -OCH3 is 1. The van der Waals surface area contributed by atoms with E-state index < -0.39 is 0 Å². The average molecular weight is 172 g/mol. The highest BCUT2D eigenvalue weighted by Crippen LogP contribution is 2.28. The van der Waals surface area contributed by atoms with Gasteiger partial charge in [-0.2, -0.15) is 0 Å². The van der Waals surface area contributed by atoms with E-state index in [1.807, 2.05) is 0 Å². The van der Waals surface area contributed by atoms with E-state index in [1.165, 1.54) is 12.8 Å². The smallest absolute Gasteiger partial charge is 0.0630 e. The molecule has 3 heteroatoms. The Morgan fingerprint density at radius 3 is 2.58 bits per heavy atom. The molecule has 0 bridgehead atoms. The monoisotopic (exact) mass is 172 g/mol. The van der Waals surface area contributed by atoms with Crippen LogP contribution in [0.25, 0.3) is 0 Å². The molecule has 1 aliphatic rings. The second kappa shape index (κ2) is 4.80. The Labute approximate surface area is 74.9 Å². The normalized spacial score (nSPS) is 20.0. The van der Waals surface area contributed by atoms with E-state index in [9.17, 15) is 0 Å². The predicted molar refractivity (Wildman–Crippen MR) is 50.1 cm³/mol. The van der Waals surface area contributed by atoms with Gasteiger partial charge in [-0.3, -0.25) is 4.90 Å². The van der Waals surface area contributed by atoms with Crippen LogP contribution in [0.2, 0.25) is 0 Å². The Morgan fingerprint density at radius 1 is 1.58 bits per heavy atom. The fourth-order valence-electron chi connectivity index (χ4n) is 1.71. The van der Waals surface area contributed by atoms with Gasteiger partial charge in [0.05, 0.1) is 6.61 Å². The van der Waals surface area contributed by atoms with E-state index >= 15 is 0 Å². The van der Waals surface area contributed by atoms with Crippen molar-refractivity contribution in [3.05, 3.63) is 0 Å². The molecule has 0 heterocycles. The molecule has 0 spiro atoms. The lowest BCUT2D eigenvalue weighted by Gasteiger charge is -2.29. The summed E-state index contributed by atoms with van der Waals surface area (Å²) in [6.45, 7) is 4.76. The van der Waals surface area contributed by atoms with Gasteiger partial charge >= 0.3 is 0 Å². The zero-order valence-corrected chi connectivity index (χ0v) is 8.12. The molecule has 3 nitrogen and oxygen atoms in total. The summed E-state index contributed by atoms with van der Waals surface area (Å²) in [6.07, 6.45) is 2.68. The van der Waals surface area contributed by atoms with Gasteiger partial charge in [0.2, 0.25) is 0 Å². The highest BCUT2D eigenvalue weighted by Gasteiger charge is 2.31. The lowest BCUT2D eigenvalue weighted by molar-refractivity contribution is 0.0924. The number of likely N-dealkylation sites (N-methyl/N-ethyl adjacent to an activating group) is 1. The molecule has 1 aliphatic carbocycles. The largest absolute Gasteiger partial charge is 0.383 e. The minimum atomic E-state index is 0.424. The minimum absolute atomic E-state index is 0.424. The van der Waals surface area contributed by atoms with Gasteiger partial charge in [-0.1, -0.05) is 6.92 Å². The summed E-state index contributed by atoms with van der Waals surface area (Å²) in [4.78, 5) is 2.46. The zero-order valence-electron chi connectivity index (χ0n) is 8.12. The van der Waals surface area contributed by atoms with Crippen molar-refractivity contribution in [1.82, 2.24) is 4.90 Å². The maximum absolute atomic E-state index is 5.68. The zero-order chi connectivity index (χ0) is 8.97. The summed E-state index contributed by atoms with van der Waals surface area (Å²) in [5.41, 5.74) is 5.68. The molecule has 0 amide bonds. The topological polar surface area (TPSA) is 38.5 Å². The Morgan fingerprint density at radius 2 is 2.25 bits per heavy atom. The standard InChI is InChI=1S/C9H20N2O/c1-3-11(8-4-5-8)9(6-10)7-12-2/h8-9H,3-7,10H2,1-2H3. The number of hydrogen-bond donors (Lipinski definition) is 1. The summed E-state index contributed by atoms with van der Waals surface area (Å²) >= 11 is 0. The van der Waals surface area contributed by atoms with E-state index in [0.717, 1.165) is 19.2 Å². The second-order valence-corrected chi connectivity index (χ2v) is 3.41. The van der Waals surface area contributed by atoms with Gasteiger partial charge in [0.15, 0.2) is 0 Å². The van der Waals surface area contributed by atoms with Crippen molar-refractivity contribution in [3.8, 4) is 0 Å². The van der Waals surface area contributed by atoms with Gasteiger partial charge in [0, 0.05) is 25.7 Å². The maximum atomic E-state index is 5.68. The maximum Gasteiger partial charge on any atom is 0.0630 e. The molecule has 72 valence electrons. The fraction of sp³-hybridized carbons (Fsp3) is 1.00. The molecule has 0 aliphatic heterocycles. The summed E-state index contributed by atoms with van der Waals surface area (Å²) in [6, 6.07) is 1.21. The molecule has 1 saturated carbocycles. The van der Waals surface area contributed by atoms with Crippen molar-refractivity contribution in [2.45, 2.75) is 31.8 Å².